The minimum absolute atomic E-state index is 0.247. The molecule has 4 nitrogen and oxygen atoms in total. The van der Waals surface area contributed by atoms with Crippen LogP contribution in [0.3, 0.4) is 0 Å². The molecule has 0 spiro atoms. The number of hydrogen-bond acceptors (Lipinski definition) is 2. The summed E-state index contributed by atoms with van der Waals surface area (Å²) in [5.41, 5.74) is 0.247. The van der Waals surface area contributed by atoms with Crippen LogP contribution >= 0.6 is 15.9 Å². The maximum atomic E-state index is 13.4. The molecule has 0 heterocycles. The fourth-order valence-electron chi connectivity index (χ4n) is 1.57. The Hall–Kier alpha value is -1.69. The molecular formula is C14H15BrFNO3. The van der Waals surface area contributed by atoms with Gasteiger partial charge in [-0.05, 0) is 30.7 Å². The predicted molar refractivity (Wildman–Crippen MR) is 77.6 cm³/mol. The molecule has 0 radical (unpaired) electrons. The number of carbonyl (C=O) groups excluding carboxylic acids is 1. The van der Waals surface area contributed by atoms with Gasteiger partial charge in [-0.1, -0.05) is 29.3 Å². The lowest BCUT2D eigenvalue weighted by Crippen LogP contribution is -2.39. The van der Waals surface area contributed by atoms with E-state index in [2.05, 4.69) is 21.2 Å². The molecular weight excluding hydrogens is 329 g/mol. The molecule has 20 heavy (non-hydrogen) atoms. The molecule has 108 valence electrons. The Morgan fingerprint density at radius 2 is 2.20 bits per heavy atom. The van der Waals surface area contributed by atoms with Crippen molar-refractivity contribution in [2.45, 2.75) is 25.8 Å². The zero-order valence-corrected chi connectivity index (χ0v) is 12.5. The van der Waals surface area contributed by atoms with E-state index in [1.54, 1.807) is 6.07 Å². The second kappa shape index (κ2) is 7.79. The highest BCUT2D eigenvalue weighted by Crippen LogP contribution is 2.16. The molecule has 0 unspecified atom stereocenters. The molecule has 0 aliphatic rings. The van der Waals surface area contributed by atoms with E-state index >= 15 is 0 Å². The quantitative estimate of drug-likeness (QED) is 0.780. The van der Waals surface area contributed by atoms with E-state index < -0.39 is 23.7 Å². The van der Waals surface area contributed by atoms with Crippen LogP contribution in [0.15, 0.2) is 28.7 Å². The molecule has 1 rings (SSSR count). The fourth-order valence-corrected chi connectivity index (χ4v) is 1.95. The number of rotatable bonds is 6. The summed E-state index contributed by atoms with van der Waals surface area (Å²) in [6.07, 6.45) is 3.41. The summed E-state index contributed by atoms with van der Waals surface area (Å²) < 4.78 is 14.1. The summed E-state index contributed by atoms with van der Waals surface area (Å²) >= 11 is 3.20. The Morgan fingerprint density at radius 3 is 2.80 bits per heavy atom. The van der Waals surface area contributed by atoms with Gasteiger partial charge in [0.15, 0.2) is 0 Å². The Morgan fingerprint density at radius 1 is 1.50 bits per heavy atom. The van der Waals surface area contributed by atoms with Crippen LogP contribution in [0.5, 0.6) is 0 Å². The van der Waals surface area contributed by atoms with Gasteiger partial charge in [-0.25, -0.2) is 9.18 Å². The molecule has 6 heteroatoms. The predicted octanol–water partition coefficient (Wildman–Crippen LogP) is 2.97. The van der Waals surface area contributed by atoms with Crippen molar-refractivity contribution in [3.05, 3.63) is 40.1 Å². The normalized spacial score (nSPS) is 12.3. The average Bonchev–Trinajstić information content (AvgIpc) is 2.39. The fraction of sp³-hybridized carbons (Fsp3) is 0.286. The van der Waals surface area contributed by atoms with Gasteiger partial charge in [0.25, 0.3) is 0 Å². The molecule has 0 aliphatic carbocycles. The van der Waals surface area contributed by atoms with Crippen LogP contribution in [0.25, 0.3) is 6.08 Å². The average molecular weight is 344 g/mol. The van der Waals surface area contributed by atoms with Gasteiger partial charge in [0.1, 0.15) is 11.9 Å². The largest absolute Gasteiger partial charge is 0.480 e. The summed E-state index contributed by atoms with van der Waals surface area (Å²) in [4.78, 5) is 22.5. The summed E-state index contributed by atoms with van der Waals surface area (Å²) in [6, 6.07) is 3.43. The number of carboxylic acids is 1. The van der Waals surface area contributed by atoms with E-state index in [0.29, 0.717) is 17.3 Å². The van der Waals surface area contributed by atoms with Gasteiger partial charge >= 0.3 is 5.97 Å². The first-order valence-electron chi connectivity index (χ1n) is 6.10. The van der Waals surface area contributed by atoms with Crippen molar-refractivity contribution in [2.75, 3.05) is 0 Å². The van der Waals surface area contributed by atoms with Crippen molar-refractivity contribution >= 4 is 33.9 Å². The van der Waals surface area contributed by atoms with Gasteiger partial charge in [0, 0.05) is 16.1 Å². The molecule has 0 saturated carbocycles. The highest BCUT2D eigenvalue weighted by Gasteiger charge is 2.17. The third-order valence-corrected chi connectivity index (χ3v) is 3.06. The third-order valence-electron chi connectivity index (χ3n) is 2.56. The topological polar surface area (TPSA) is 66.4 Å². The zero-order chi connectivity index (χ0) is 15.1. The second-order valence-electron chi connectivity index (χ2n) is 4.19. The maximum absolute atomic E-state index is 13.4. The van der Waals surface area contributed by atoms with Crippen molar-refractivity contribution in [1.29, 1.82) is 0 Å². The highest BCUT2D eigenvalue weighted by atomic mass is 79.9. The lowest BCUT2D eigenvalue weighted by molar-refractivity contribution is -0.141. The monoisotopic (exact) mass is 343 g/mol. The number of hydrogen-bond donors (Lipinski definition) is 2. The summed E-state index contributed by atoms with van der Waals surface area (Å²) in [5.74, 6) is -2.10. The van der Waals surface area contributed by atoms with Gasteiger partial charge in [0.05, 0.1) is 0 Å². The van der Waals surface area contributed by atoms with E-state index in [1.807, 2.05) is 6.92 Å². The lowest BCUT2D eigenvalue weighted by Gasteiger charge is -2.11. The molecule has 0 bridgehead atoms. The van der Waals surface area contributed by atoms with Crippen LogP contribution in [0.4, 0.5) is 4.39 Å². The van der Waals surface area contributed by atoms with Gasteiger partial charge in [-0.15, -0.1) is 0 Å². The minimum atomic E-state index is -1.08. The number of carbonyl (C=O) groups is 2. The zero-order valence-electron chi connectivity index (χ0n) is 10.9. The first-order valence-corrected chi connectivity index (χ1v) is 6.89. The van der Waals surface area contributed by atoms with Gasteiger partial charge < -0.3 is 10.4 Å². The molecule has 0 aliphatic heterocycles. The molecule has 1 amide bonds. The number of nitrogens with one attached hydrogen (secondary N) is 1. The van der Waals surface area contributed by atoms with E-state index in [4.69, 9.17) is 5.11 Å². The number of amides is 1. The van der Waals surface area contributed by atoms with Crippen LogP contribution in [-0.4, -0.2) is 23.0 Å². The van der Waals surface area contributed by atoms with E-state index in [1.165, 1.54) is 18.2 Å². The van der Waals surface area contributed by atoms with Crippen LogP contribution < -0.4 is 5.32 Å². The van der Waals surface area contributed by atoms with E-state index in [-0.39, 0.29) is 5.56 Å². The van der Waals surface area contributed by atoms with Crippen LogP contribution in [-0.2, 0) is 9.59 Å². The number of halogens is 2. The van der Waals surface area contributed by atoms with Crippen molar-refractivity contribution in [3.63, 3.8) is 0 Å². The maximum Gasteiger partial charge on any atom is 0.326 e. The van der Waals surface area contributed by atoms with Gasteiger partial charge in [-0.2, -0.15) is 0 Å². The van der Waals surface area contributed by atoms with Crippen LogP contribution in [0, 0.1) is 5.82 Å². The van der Waals surface area contributed by atoms with E-state index in [9.17, 15) is 14.0 Å². The molecule has 1 aromatic carbocycles. The molecule has 2 N–H and O–H groups in total. The molecule has 1 aromatic rings. The van der Waals surface area contributed by atoms with Crippen LogP contribution in [0.2, 0.25) is 0 Å². The Labute approximate surface area is 124 Å². The van der Waals surface area contributed by atoms with Crippen LogP contribution in [0.1, 0.15) is 25.3 Å². The smallest absolute Gasteiger partial charge is 0.326 e. The molecule has 1 atom stereocenters. The summed E-state index contributed by atoms with van der Waals surface area (Å²) in [5, 5.41) is 11.3. The number of aliphatic carboxylic acids is 1. The van der Waals surface area contributed by atoms with Crippen molar-refractivity contribution in [3.8, 4) is 0 Å². The lowest BCUT2D eigenvalue weighted by atomic mass is 10.1. The Bertz CT molecular complexity index is 531. The first-order chi connectivity index (χ1) is 9.43. The molecule has 0 saturated heterocycles. The number of benzene rings is 1. The van der Waals surface area contributed by atoms with Gasteiger partial charge in [-0.3, -0.25) is 4.79 Å². The van der Waals surface area contributed by atoms with E-state index in [0.717, 1.165) is 6.08 Å². The summed E-state index contributed by atoms with van der Waals surface area (Å²) in [7, 11) is 0. The molecule has 0 aromatic heterocycles. The van der Waals surface area contributed by atoms with Crippen molar-refractivity contribution in [2.24, 2.45) is 0 Å². The SMILES string of the molecule is CCC[C@H](NC(=O)/C=C/c1cc(Br)ccc1F)C(=O)O. The summed E-state index contributed by atoms with van der Waals surface area (Å²) in [6.45, 7) is 1.83. The third kappa shape index (κ3) is 5.13. The minimum Gasteiger partial charge on any atom is -0.480 e. The van der Waals surface area contributed by atoms with Crippen molar-refractivity contribution < 1.29 is 19.1 Å². The first kappa shape index (κ1) is 16.4. The second-order valence-corrected chi connectivity index (χ2v) is 5.10. The standard InChI is InChI=1S/C14H15BrFNO3/c1-2-3-12(14(19)20)17-13(18)7-4-9-8-10(15)5-6-11(9)16/h4-8,12H,2-3H2,1H3,(H,17,18)(H,19,20)/b7-4+/t12-/m0/s1. The highest BCUT2D eigenvalue weighted by molar-refractivity contribution is 9.10. The van der Waals surface area contributed by atoms with Gasteiger partial charge in [0.2, 0.25) is 5.91 Å². The number of carboxylic acid groups (broad SMARTS) is 1. The Balaban J connectivity index is 2.72. The van der Waals surface area contributed by atoms with Crippen molar-refractivity contribution in [1.82, 2.24) is 5.32 Å². The Kier molecular flexibility index (Phi) is 6.38. The molecule has 0 fully saturated rings.